The van der Waals surface area contributed by atoms with E-state index in [4.69, 9.17) is 9.57 Å². The van der Waals surface area contributed by atoms with E-state index in [2.05, 4.69) is 20.0 Å². The van der Waals surface area contributed by atoms with Crippen LogP contribution in [0.3, 0.4) is 0 Å². The number of halogens is 3. The molecular formula is C21H17F3N4O3. The Balaban J connectivity index is 1.27. The summed E-state index contributed by atoms with van der Waals surface area (Å²) < 4.78 is 49.0. The highest BCUT2D eigenvalue weighted by Gasteiger charge is 2.47. The second-order valence-corrected chi connectivity index (χ2v) is 7.50. The van der Waals surface area contributed by atoms with Gasteiger partial charge in [-0.05, 0) is 42.7 Å². The van der Waals surface area contributed by atoms with Crippen molar-refractivity contribution in [3.8, 4) is 22.8 Å². The summed E-state index contributed by atoms with van der Waals surface area (Å²) in [5.41, 5.74) is 2.48. The van der Waals surface area contributed by atoms with Gasteiger partial charge in [0, 0.05) is 24.4 Å². The number of benzene rings is 1. The van der Waals surface area contributed by atoms with Gasteiger partial charge < -0.3 is 14.3 Å². The van der Waals surface area contributed by atoms with Gasteiger partial charge >= 0.3 is 6.36 Å². The fraction of sp³-hybridized carbons (Fsp3) is 0.286. The average molecular weight is 430 g/mol. The summed E-state index contributed by atoms with van der Waals surface area (Å²) in [7, 11) is 1.83. The van der Waals surface area contributed by atoms with E-state index in [1.807, 2.05) is 19.3 Å². The largest absolute Gasteiger partial charge is 0.573 e. The number of oxime groups is 1. The number of hydrogen-bond acceptors (Lipinski definition) is 6. The van der Waals surface area contributed by atoms with Crippen LogP contribution in [0, 0.1) is 0 Å². The van der Waals surface area contributed by atoms with Gasteiger partial charge in [-0.3, -0.25) is 9.67 Å². The zero-order valence-corrected chi connectivity index (χ0v) is 16.4. The van der Waals surface area contributed by atoms with Crippen molar-refractivity contribution in [3.63, 3.8) is 0 Å². The second-order valence-electron chi connectivity index (χ2n) is 7.50. The first-order chi connectivity index (χ1) is 14.8. The summed E-state index contributed by atoms with van der Waals surface area (Å²) in [4.78, 5) is 10.1. The van der Waals surface area contributed by atoms with E-state index in [0.717, 1.165) is 22.4 Å². The highest BCUT2D eigenvalue weighted by molar-refractivity contribution is 5.81. The molecule has 10 heteroatoms. The van der Waals surface area contributed by atoms with Gasteiger partial charge in [0.25, 0.3) is 0 Å². The molecule has 0 N–H and O–H groups in total. The molecule has 0 fully saturated rings. The van der Waals surface area contributed by atoms with Crippen molar-refractivity contribution in [1.29, 1.82) is 0 Å². The molecule has 1 aromatic carbocycles. The lowest BCUT2D eigenvalue weighted by Crippen LogP contribution is -2.24. The molecule has 7 nitrogen and oxygen atoms in total. The van der Waals surface area contributed by atoms with Crippen molar-refractivity contribution in [2.24, 2.45) is 12.2 Å². The van der Waals surface area contributed by atoms with E-state index < -0.39 is 12.0 Å². The topological polar surface area (TPSA) is 70.8 Å². The Hall–Kier alpha value is -3.56. The van der Waals surface area contributed by atoms with Crippen molar-refractivity contribution < 1.29 is 27.5 Å². The second kappa shape index (κ2) is 7.00. The minimum Gasteiger partial charge on any atom is -0.438 e. The Kier molecular flexibility index (Phi) is 4.38. The molecule has 2 aromatic heterocycles. The highest BCUT2D eigenvalue weighted by Crippen LogP contribution is 2.47. The number of aryl methyl sites for hydroxylation is 2. The molecule has 3 aromatic rings. The SMILES string of the molecule is Cn1cc(-c2ccc(OC3=NO[C@@]4(CCc5cc(OC(F)(F)F)ccc54)C3)cn2)cn1. The van der Waals surface area contributed by atoms with Crippen LogP contribution in [0.1, 0.15) is 24.0 Å². The molecule has 1 spiro atoms. The van der Waals surface area contributed by atoms with Gasteiger partial charge in [-0.15, -0.1) is 13.2 Å². The van der Waals surface area contributed by atoms with E-state index in [-0.39, 0.29) is 5.75 Å². The van der Waals surface area contributed by atoms with Crippen LogP contribution in [0.15, 0.2) is 54.1 Å². The minimum atomic E-state index is -4.72. The zero-order chi connectivity index (χ0) is 21.6. The lowest BCUT2D eigenvalue weighted by Gasteiger charge is -2.21. The Morgan fingerprint density at radius 3 is 2.68 bits per heavy atom. The van der Waals surface area contributed by atoms with E-state index >= 15 is 0 Å². The number of alkyl halides is 3. The molecule has 0 saturated heterocycles. The summed E-state index contributed by atoms with van der Waals surface area (Å²) in [6, 6.07) is 7.91. The number of aromatic nitrogens is 3. The summed E-state index contributed by atoms with van der Waals surface area (Å²) >= 11 is 0. The Morgan fingerprint density at radius 1 is 1.13 bits per heavy atom. The molecule has 1 aliphatic carbocycles. The number of pyridine rings is 1. The van der Waals surface area contributed by atoms with Crippen LogP contribution in [-0.4, -0.2) is 27.0 Å². The maximum absolute atomic E-state index is 12.5. The summed E-state index contributed by atoms with van der Waals surface area (Å²) in [6.45, 7) is 0. The third-order valence-electron chi connectivity index (χ3n) is 5.33. The number of fused-ring (bicyclic) bond motifs is 2. The molecule has 0 amide bonds. The third-order valence-corrected chi connectivity index (χ3v) is 5.33. The lowest BCUT2D eigenvalue weighted by molar-refractivity contribution is -0.274. The number of hydrogen-bond donors (Lipinski definition) is 0. The zero-order valence-electron chi connectivity index (χ0n) is 16.4. The van der Waals surface area contributed by atoms with Crippen LogP contribution in [-0.2, 0) is 23.9 Å². The predicted octanol–water partition coefficient (Wildman–Crippen LogP) is 4.34. The molecule has 1 aliphatic heterocycles. The van der Waals surface area contributed by atoms with Crippen LogP contribution in [0.5, 0.6) is 11.5 Å². The molecule has 3 heterocycles. The number of ether oxygens (including phenoxy) is 2. The molecular weight excluding hydrogens is 413 g/mol. The van der Waals surface area contributed by atoms with Crippen LogP contribution >= 0.6 is 0 Å². The first-order valence-corrected chi connectivity index (χ1v) is 9.57. The van der Waals surface area contributed by atoms with Gasteiger partial charge in [0.2, 0.25) is 5.90 Å². The number of nitrogens with zero attached hydrogens (tertiary/aromatic N) is 4. The molecule has 2 aliphatic rings. The van der Waals surface area contributed by atoms with Crippen LogP contribution in [0.4, 0.5) is 13.2 Å². The fourth-order valence-corrected chi connectivity index (χ4v) is 3.97. The number of rotatable bonds is 3. The molecule has 160 valence electrons. The van der Waals surface area contributed by atoms with E-state index in [1.54, 1.807) is 29.2 Å². The van der Waals surface area contributed by atoms with Crippen LogP contribution in [0.2, 0.25) is 0 Å². The maximum atomic E-state index is 12.5. The molecule has 0 saturated carbocycles. The molecule has 0 unspecified atom stereocenters. The Labute approximate surface area is 175 Å². The van der Waals surface area contributed by atoms with Crippen LogP contribution in [0.25, 0.3) is 11.3 Å². The minimum absolute atomic E-state index is 0.238. The molecule has 0 radical (unpaired) electrons. The maximum Gasteiger partial charge on any atom is 0.573 e. The summed E-state index contributed by atoms with van der Waals surface area (Å²) in [5.74, 6) is 0.664. The van der Waals surface area contributed by atoms with Crippen molar-refractivity contribution in [1.82, 2.24) is 14.8 Å². The van der Waals surface area contributed by atoms with E-state index in [0.29, 0.717) is 30.9 Å². The monoisotopic (exact) mass is 430 g/mol. The first kappa shape index (κ1) is 19.4. The van der Waals surface area contributed by atoms with Crippen molar-refractivity contribution >= 4 is 5.90 Å². The van der Waals surface area contributed by atoms with Crippen molar-refractivity contribution in [2.45, 2.75) is 31.2 Å². The van der Waals surface area contributed by atoms with Crippen molar-refractivity contribution in [3.05, 3.63) is 60.0 Å². The first-order valence-electron chi connectivity index (χ1n) is 9.57. The summed E-state index contributed by atoms with van der Waals surface area (Å²) in [6.07, 6.45) is 2.00. The molecule has 1 atom stereocenters. The van der Waals surface area contributed by atoms with Gasteiger partial charge in [-0.2, -0.15) is 5.10 Å². The van der Waals surface area contributed by atoms with Gasteiger partial charge in [0.1, 0.15) is 11.5 Å². The third kappa shape index (κ3) is 3.80. The Morgan fingerprint density at radius 2 is 1.97 bits per heavy atom. The highest BCUT2D eigenvalue weighted by atomic mass is 19.4. The average Bonchev–Trinajstić information content (AvgIpc) is 3.42. The smallest absolute Gasteiger partial charge is 0.438 e. The van der Waals surface area contributed by atoms with Gasteiger partial charge in [-0.25, -0.2) is 0 Å². The van der Waals surface area contributed by atoms with E-state index in [1.165, 1.54) is 12.1 Å². The standard InChI is InChI=1S/C21H17F3N4O3/c1-28-12-14(10-26-28)18-5-3-16(11-25-18)29-19-9-20(31-27-19)7-6-13-8-15(2-4-17(13)20)30-21(22,23)24/h2-5,8,10-12H,6-7,9H2,1H3/t20-/m0/s1. The van der Waals surface area contributed by atoms with Gasteiger partial charge in [0.05, 0.1) is 24.5 Å². The molecule has 0 bridgehead atoms. The van der Waals surface area contributed by atoms with Crippen molar-refractivity contribution in [2.75, 3.05) is 0 Å². The fourth-order valence-electron chi connectivity index (χ4n) is 3.97. The quantitative estimate of drug-likeness (QED) is 0.619. The molecule has 31 heavy (non-hydrogen) atoms. The lowest BCUT2D eigenvalue weighted by atomic mass is 9.92. The Bertz CT molecular complexity index is 1160. The molecule has 5 rings (SSSR count). The van der Waals surface area contributed by atoms with E-state index in [9.17, 15) is 13.2 Å². The predicted molar refractivity (Wildman–Crippen MR) is 103 cm³/mol. The van der Waals surface area contributed by atoms with Gasteiger partial charge in [-0.1, -0.05) is 11.2 Å². The van der Waals surface area contributed by atoms with Crippen LogP contribution < -0.4 is 9.47 Å². The summed E-state index contributed by atoms with van der Waals surface area (Å²) in [5, 5.41) is 8.20. The normalized spacial score (nSPS) is 19.8. The van der Waals surface area contributed by atoms with Gasteiger partial charge in [0.15, 0.2) is 5.60 Å².